The fraction of sp³-hybridized carbons (Fsp3) is 0.727. The third kappa shape index (κ3) is 2.21. The minimum atomic E-state index is 0.458. The summed E-state index contributed by atoms with van der Waals surface area (Å²) in [6, 6.07) is 1.22. The average molecular weight is 207 g/mol. The molecule has 2 aliphatic rings. The van der Waals surface area contributed by atoms with Crippen LogP contribution in [0.1, 0.15) is 30.9 Å². The molecule has 1 aliphatic heterocycles. The van der Waals surface area contributed by atoms with E-state index >= 15 is 0 Å². The maximum absolute atomic E-state index is 5.35. The standard InChI is InChI=1S/C11H17N3O/c1-2-10(1)12-5-9-6-13-14(7-9)11-3-4-15-8-11/h6-7,10-12H,1-5,8H2. The predicted octanol–water partition coefficient (Wildman–Crippen LogP) is 1.10. The lowest BCUT2D eigenvalue weighted by Gasteiger charge is -2.06. The second-order valence-electron chi connectivity index (χ2n) is 4.50. The average Bonchev–Trinajstić information content (AvgIpc) is 2.78. The van der Waals surface area contributed by atoms with Crippen LogP contribution < -0.4 is 5.32 Å². The van der Waals surface area contributed by atoms with Gasteiger partial charge in [-0.2, -0.15) is 5.10 Å². The molecular weight excluding hydrogens is 190 g/mol. The Morgan fingerprint density at radius 2 is 2.40 bits per heavy atom. The van der Waals surface area contributed by atoms with Gasteiger partial charge in [-0.3, -0.25) is 4.68 Å². The zero-order valence-corrected chi connectivity index (χ0v) is 8.85. The Morgan fingerprint density at radius 3 is 3.13 bits per heavy atom. The summed E-state index contributed by atoms with van der Waals surface area (Å²) in [7, 11) is 0. The number of hydrogen-bond donors (Lipinski definition) is 1. The Kier molecular flexibility index (Phi) is 2.46. The second-order valence-corrected chi connectivity index (χ2v) is 4.50. The summed E-state index contributed by atoms with van der Waals surface area (Å²) in [4.78, 5) is 0. The summed E-state index contributed by atoms with van der Waals surface area (Å²) in [5, 5.41) is 7.89. The van der Waals surface area contributed by atoms with Gasteiger partial charge in [-0.1, -0.05) is 0 Å². The molecule has 0 aromatic carbocycles. The van der Waals surface area contributed by atoms with Crippen molar-refractivity contribution < 1.29 is 4.74 Å². The molecule has 1 aromatic heterocycles. The topological polar surface area (TPSA) is 39.1 Å². The van der Waals surface area contributed by atoms with Crippen molar-refractivity contribution in [3.05, 3.63) is 18.0 Å². The fourth-order valence-electron chi connectivity index (χ4n) is 1.95. The number of ether oxygens (including phenoxy) is 1. The summed E-state index contributed by atoms with van der Waals surface area (Å²) in [6.07, 6.45) is 7.88. The number of rotatable bonds is 4. The van der Waals surface area contributed by atoms with Gasteiger partial charge in [-0.05, 0) is 19.3 Å². The largest absolute Gasteiger partial charge is 0.379 e. The Labute approximate surface area is 89.6 Å². The quantitative estimate of drug-likeness (QED) is 0.803. The molecule has 15 heavy (non-hydrogen) atoms. The van der Waals surface area contributed by atoms with E-state index in [1.165, 1.54) is 18.4 Å². The SMILES string of the molecule is c1nn(C2CCOC2)cc1CNC1CC1. The van der Waals surface area contributed by atoms with Gasteiger partial charge in [0.1, 0.15) is 0 Å². The van der Waals surface area contributed by atoms with E-state index < -0.39 is 0 Å². The molecule has 4 heteroatoms. The zero-order valence-electron chi connectivity index (χ0n) is 8.85. The summed E-state index contributed by atoms with van der Waals surface area (Å²) < 4.78 is 7.40. The minimum absolute atomic E-state index is 0.458. The van der Waals surface area contributed by atoms with Crippen LogP contribution in [0.3, 0.4) is 0 Å². The van der Waals surface area contributed by atoms with Gasteiger partial charge >= 0.3 is 0 Å². The van der Waals surface area contributed by atoms with Crippen molar-refractivity contribution in [1.82, 2.24) is 15.1 Å². The summed E-state index contributed by atoms with van der Waals surface area (Å²) in [5.41, 5.74) is 1.29. The van der Waals surface area contributed by atoms with E-state index in [1.807, 2.05) is 6.20 Å². The van der Waals surface area contributed by atoms with Crippen molar-refractivity contribution >= 4 is 0 Å². The van der Waals surface area contributed by atoms with Crippen molar-refractivity contribution in [1.29, 1.82) is 0 Å². The van der Waals surface area contributed by atoms with E-state index in [0.717, 1.165) is 32.2 Å². The van der Waals surface area contributed by atoms with E-state index in [2.05, 4.69) is 21.3 Å². The lowest BCUT2D eigenvalue weighted by molar-refractivity contribution is 0.184. The van der Waals surface area contributed by atoms with Crippen LogP contribution in [-0.4, -0.2) is 29.0 Å². The van der Waals surface area contributed by atoms with Gasteiger partial charge in [0.05, 0.1) is 18.8 Å². The maximum Gasteiger partial charge on any atom is 0.0774 e. The van der Waals surface area contributed by atoms with Crippen LogP contribution in [-0.2, 0) is 11.3 Å². The number of hydrogen-bond acceptors (Lipinski definition) is 3. The van der Waals surface area contributed by atoms with E-state index in [9.17, 15) is 0 Å². The third-order valence-electron chi connectivity index (χ3n) is 3.11. The molecule has 1 N–H and O–H groups in total. The molecular formula is C11H17N3O. The van der Waals surface area contributed by atoms with Gasteiger partial charge in [0.25, 0.3) is 0 Å². The Hall–Kier alpha value is -0.870. The molecule has 1 aliphatic carbocycles. The molecule has 0 bridgehead atoms. The predicted molar refractivity (Wildman–Crippen MR) is 56.6 cm³/mol. The monoisotopic (exact) mass is 207 g/mol. The first kappa shape index (κ1) is 9.36. The lowest BCUT2D eigenvalue weighted by Crippen LogP contribution is -2.15. The molecule has 2 fully saturated rings. The molecule has 1 saturated heterocycles. The van der Waals surface area contributed by atoms with Gasteiger partial charge in [0.15, 0.2) is 0 Å². The van der Waals surface area contributed by atoms with Crippen LogP contribution in [0.4, 0.5) is 0 Å². The summed E-state index contributed by atoms with van der Waals surface area (Å²) in [6.45, 7) is 2.65. The van der Waals surface area contributed by atoms with Crippen LogP contribution in [0.25, 0.3) is 0 Å². The molecule has 0 radical (unpaired) electrons. The molecule has 1 atom stereocenters. The summed E-state index contributed by atoms with van der Waals surface area (Å²) in [5.74, 6) is 0. The van der Waals surface area contributed by atoms with Crippen molar-refractivity contribution in [3.63, 3.8) is 0 Å². The smallest absolute Gasteiger partial charge is 0.0774 e. The van der Waals surface area contributed by atoms with Crippen molar-refractivity contribution in [2.75, 3.05) is 13.2 Å². The first-order valence-corrected chi connectivity index (χ1v) is 5.76. The molecule has 0 spiro atoms. The molecule has 1 unspecified atom stereocenters. The van der Waals surface area contributed by atoms with Gasteiger partial charge in [0, 0.05) is 31.0 Å². The highest BCUT2D eigenvalue weighted by atomic mass is 16.5. The molecule has 1 saturated carbocycles. The van der Waals surface area contributed by atoms with E-state index in [-0.39, 0.29) is 0 Å². The number of nitrogens with one attached hydrogen (secondary N) is 1. The van der Waals surface area contributed by atoms with Crippen molar-refractivity contribution in [2.24, 2.45) is 0 Å². The normalized spacial score (nSPS) is 26.0. The van der Waals surface area contributed by atoms with Crippen LogP contribution in [0.5, 0.6) is 0 Å². The summed E-state index contributed by atoms with van der Waals surface area (Å²) >= 11 is 0. The third-order valence-corrected chi connectivity index (χ3v) is 3.11. The maximum atomic E-state index is 5.35. The molecule has 82 valence electrons. The zero-order chi connectivity index (χ0) is 10.1. The highest BCUT2D eigenvalue weighted by molar-refractivity contribution is 5.05. The van der Waals surface area contributed by atoms with Crippen LogP contribution in [0, 0.1) is 0 Å². The van der Waals surface area contributed by atoms with E-state index in [1.54, 1.807) is 0 Å². The lowest BCUT2D eigenvalue weighted by atomic mass is 10.3. The van der Waals surface area contributed by atoms with E-state index in [0.29, 0.717) is 6.04 Å². The molecule has 3 rings (SSSR count). The fourth-order valence-corrected chi connectivity index (χ4v) is 1.95. The van der Waals surface area contributed by atoms with Gasteiger partial charge in [-0.25, -0.2) is 0 Å². The van der Waals surface area contributed by atoms with Gasteiger partial charge in [0.2, 0.25) is 0 Å². The Morgan fingerprint density at radius 1 is 1.47 bits per heavy atom. The highest BCUT2D eigenvalue weighted by Crippen LogP contribution is 2.20. The Balaban J connectivity index is 1.59. The first-order chi connectivity index (χ1) is 7.42. The molecule has 1 aromatic rings. The van der Waals surface area contributed by atoms with Gasteiger partial charge < -0.3 is 10.1 Å². The van der Waals surface area contributed by atoms with Gasteiger partial charge in [-0.15, -0.1) is 0 Å². The minimum Gasteiger partial charge on any atom is -0.379 e. The van der Waals surface area contributed by atoms with E-state index in [4.69, 9.17) is 4.74 Å². The van der Waals surface area contributed by atoms with Crippen LogP contribution in [0.2, 0.25) is 0 Å². The van der Waals surface area contributed by atoms with Crippen molar-refractivity contribution in [2.45, 2.75) is 37.9 Å². The second kappa shape index (κ2) is 3.94. The highest BCUT2D eigenvalue weighted by Gasteiger charge is 2.21. The van der Waals surface area contributed by atoms with Crippen LogP contribution >= 0.6 is 0 Å². The molecule has 2 heterocycles. The van der Waals surface area contributed by atoms with Crippen LogP contribution in [0.15, 0.2) is 12.4 Å². The first-order valence-electron chi connectivity index (χ1n) is 5.76. The molecule has 4 nitrogen and oxygen atoms in total. The number of nitrogens with zero attached hydrogens (tertiary/aromatic N) is 2. The van der Waals surface area contributed by atoms with Crippen molar-refractivity contribution in [3.8, 4) is 0 Å². The molecule has 0 amide bonds. The number of aromatic nitrogens is 2. The Bertz CT molecular complexity index is 326.